The summed E-state index contributed by atoms with van der Waals surface area (Å²) in [5, 5.41) is 16.4. The number of nitrogens with one attached hydrogen (secondary N) is 2. The summed E-state index contributed by atoms with van der Waals surface area (Å²) in [6.07, 6.45) is 1.05. The van der Waals surface area contributed by atoms with Crippen molar-refractivity contribution in [1.29, 1.82) is 0 Å². The van der Waals surface area contributed by atoms with E-state index in [2.05, 4.69) is 20.6 Å². The molecule has 0 fully saturated rings. The zero-order chi connectivity index (χ0) is 14.7. The van der Waals surface area contributed by atoms with Gasteiger partial charge in [-0.1, -0.05) is 11.6 Å². The molecule has 0 spiro atoms. The smallest absolute Gasteiger partial charge is 0.329 e. The van der Waals surface area contributed by atoms with Gasteiger partial charge in [-0.2, -0.15) is 4.98 Å². The van der Waals surface area contributed by atoms with Gasteiger partial charge in [-0.3, -0.25) is 10.1 Å². The van der Waals surface area contributed by atoms with Gasteiger partial charge in [-0.25, -0.2) is 9.37 Å². The van der Waals surface area contributed by atoms with Crippen LogP contribution in [0.15, 0.2) is 24.4 Å². The molecule has 0 amide bonds. The van der Waals surface area contributed by atoms with Crippen molar-refractivity contribution in [2.24, 2.45) is 0 Å². The van der Waals surface area contributed by atoms with E-state index in [0.717, 1.165) is 12.3 Å². The number of hydrogen-bond acceptors (Lipinski definition) is 6. The second kappa shape index (κ2) is 5.66. The summed E-state index contributed by atoms with van der Waals surface area (Å²) in [5.74, 6) is -0.421. The summed E-state index contributed by atoms with van der Waals surface area (Å²) < 4.78 is 13.2. The van der Waals surface area contributed by atoms with E-state index in [-0.39, 0.29) is 28.2 Å². The first-order valence-corrected chi connectivity index (χ1v) is 5.80. The third-order valence-corrected chi connectivity index (χ3v) is 2.70. The Kier molecular flexibility index (Phi) is 3.94. The van der Waals surface area contributed by atoms with Crippen molar-refractivity contribution >= 4 is 34.7 Å². The van der Waals surface area contributed by atoms with E-state index in [1.54, 1.807) is 7.05 Å². The molecule has 2 rings (SSSR count). The van der Waals surface area contributed by atoms with E-state index in [4.69, 9.17) is 11.6 Å². The largest absolute Gasteiger partial charge is 0.357 e. The first-order valence-electron chi connectivity index (χ1n) is 5.42. The van der Waals surface area contributed by atoms with Crippen LogP contribution in [0.25, 0.3) is 0 Å². The lowest BCUT2D eigenvalue weighted by atomic mass is 10.3. The SMILES string of the molecule is CNc1ncc([N+](=O)[O-])c(Nc2cc(F)ccc2Cl)n1. The molecule has 0 saturated heterocycles. The molecule has 2 N–H and O–H groups in total. The topological polar surface area (TPSA) is 93.0 Å². The lowest BCUT2D eigenvalue weighted by Crippen LogP contribution is -2.04. The van der Waals surface area contributed by atoms with Gasteiger partial charge in [0.05, 0.1) is 15.6 Å². The Labute approximate surface area is 118 Å². The van der Waals surface area contributed by atoms with Crippen molar-refractivity contribution in [1.82, 2.24) is 9.97 Å². The van der Waals surface area contributed by atoms with Crippen molar-refractivity contribution < 1.29 is 9.31 Å². The molecular weight excluding hydrogens is 289 g/mol. The minimum Gasteiger partial charge on any atom is -0.357 e. The highest BCUT2D eigenvalue weighted by Crippen LogP contribution is 2.30. The monoisotopic (exact) mass is 297 g/mol. The van der Waals surface area contributed by atoms with E-state index in [0.29, 0.717) is 0 Å². The van der Waals surface area contributed by atoms with Gasteiger partial charge in [0.2, 0.25) is 11.8 Å². The molecule has 0 unspecified atom stereocenters. The lowest BCUT2D eigenvalue weighted by molar-refractivity contribution is -0.384. The number of anilines is 3. The van der Waals surface area contributed by atoms with Crippen molar-refractivity contribution in [2.45, 2.75) is 0 Å². The Morgan fingerprint density at radius 1 is 1.45 bits per heavy atom. The Morgan fingerprint density at radius 3 is 2.85 bits per heavy atom. The van der Waals surface area contributed by atoms with Crippen LogP contribution in [-0.4, -0.2) is 21.9 Å². The highest BCUT2D eigenvalue weighted by Gasteiger charge is 2.18. The summed E-state index contributed by atoms with van der Waals surface area (Å²) in [6, 6.07) is 3.64. The van der Waals surface area contributed by atoms with E-state index in [1.807, 2.05) is 0 Å². The molecule has 2 aromatic rings. The van der Waals surface area contributed by atoms with E-state index in [9.17, 15) is 14.5 Å². The van der Waals surface area contributed by atoms with Gasteiger partial charge < -0.3 is 10.6 Å². The van der Waals surface area contributed by atoms with Crippen LogP contribution in [0.3, 0.4) is 0 Å². The molecule has 0 radical (unpaired) electrons. The predicted octanol–water partition coefficient (Wildman–Crippen LogP) is 2.96. The van der Waals surface area contributed by atoms with Crippen LogP contribution in [-0.2, 0) is 0 Å². The fourth-order valence-electron chi connectivity index (χ4n) is 1.44. The molecular formula is C11H9ClFN5O2. The molecule has 0 atom stereocenters. The average molecular weight is 298 g/mol. The van der Waals surface area contributed by atoms with Crippen LogP contribution in [0, 0.1) is 15.9 Å². The molecule has 0 saturated carbocycles. The maximum Gasteiger partial charge on any atom is 0.329 e. The first kappa shape index (κ1) is 13.9. The van der Waals surface area contributed by atoms with Gasteiger partial charge in [0.1, 0.15) is 12.0 Å². The molecule has 1 aromatic heterocycles. The third-order valence-electron chi connectivity index (χ3n) is 2.37. The van der Waals surface area contributed by atoms with Crippen LogP contribution in [0.1, 0.15) is 0 Å². The Bertz CT molecular complexity index is 667. The molecule has 0 bridgehead atoms. The number of aromatic nitrogens is 2. The summed E-state index contributed by atoms with van der Waals surface area (Å²) in [7, 11) is 1.57. The van der Waals surface area contributed by atoms with Crippen LogP contribution in [0.4, 0.5) is 27.5 Å². The second-order valence-corrected chi connectivity index (χ2v) is 4.09. The molecule has 0 aliphatic heterocycles. The zero-order valence-corrected chi connectivity index (χ0v) is 11.0. The molecule has 0 aliphatic rings. The Morgan fingerprint density at radius 2 is 2.20 bits per heavy atom. The van der Waals surface area contributed by atoms with Crippen molar-refractivity contribution in [3.05, 3.63) is 45.4 Å². The summed E-state index contributed by atoms with van der Waals surface area (Å²) in [6.45, 7) is 0. The minimum absolute atomic E-state index is 0.0816. The minimum atomic E-state index is -0.644. The zero-order valence-electron chi connectivity index (χ0n) is 10.2. The van der Waals surface area contributed by atoms with E-state index in [1.165, 1.54) is 12.1 Å². The van der Waals surface area contributed by atoms with Crippen LogP contribution in [0.2, 0.25) is 5.02 Å². The number of rotatable bonds is 4. The maximum absolute atomic E-state index is 13.2. The van der Waals surface area contributed by atoms with Crippen molar-refractivity contribution in [2.75, 3.05) is 17.7 Å². The van der Waals surface area contributed by atoms with Crippen LogP contribution in [0.5, 0.6) is 0 Å². The summed E-state index contributed by atoms with van der Waals surface area (Å²) in [4.78, 5) is 17.9. The normalized spacial score (nSPS) is 10.2. The van der Waals surface area contributed by atoms with Crippen molar-refractivity contribution in [3.8, 4) is 0 Å². The highest BCUT2D eigenvalue weighted by molar-refractivity contribution is 6.33. The number of nitro groups is 1. The molecule has 7 nitrogen and oxygen atoms in total. The van der Waals surface area contributed by atoms with E-state index < -0.39 is 10.7 Å². The number of nitrogens with zero attached hydrogens (tertiary/aromatic N) is 3. The van der Waals surface area contributed by atoms with Crippen LogP contribution >= 0.6 is 11.6 Å². The van der Waals surface area contributed by atoms with Gasteiger partial charge in [-0.15, -0.1) is 0 Å². The molecule has 20 heavy (non-hydrogen) atoms. The van der Waals surface area contributed by atoms with E-state index >= 15 is 0 Å². The van der Waals surface area contributed by atoms with Gasteiger partial charge >= 0.3 is 5.69 Å². The molecule has 1 aromatic carbocycles. The molecule has 1 heterocycles. The quantitative estimate of drug-likeness (QED) is 0.665. The standard InChI is InChI=1S/C11H9ClFN5O2/c1-14-11-15-5-9(18(19)20)10(17-11)16-8-4-6(13)2-3-7(8)12/h2-5H,1H3,(H2,14,15,16,17). The van der Waals surface area contributed by atoms with Gasteiger partial charge in [0.15, 0.2) is 0 Å². The predicted molar refractivity (Wildman–Crippen MR) is 72.9 cm³/mol. The maximum atomic E-state index is 13.2. The summed E-state index contributed by atoms with van der Waals surface area (Å²) in [5.41, 5.74) is -0.167. The molecule has 9 heteroatoms. The molecule has 0 aliphatic carbocycles. The average Bonchev–Trinajstić information content (AvgIpc) is 2.42. The van der Waals surface area contributed by atoms with Gasteiger partial charge in [0.25, 0.3) is 0 Å². The molecule has 104 valence electrons. The first-order chi connectivity index (χ1) is 9.51. The van der Waals surface area contributed by atoms with Gasteiger partial charge in [0, 0.05) is 7.05 Å². The lowest BCUT2D eigenvalue weighted by Gasteiger charge is -2.09. The third kappa shape index (κ3) is 2.91. The fraction of sp³-hybridized carbons (Fsp3) is 0.0909. The second-order valence-electron chi connectivity index (χ2n) is 3.68. The highest BCUT2D eigenvalue weighted by atomic mass is 35.5. The van der Waals surface area contributed by atoms with Gasteiger partial charge in [-0.05, 0) is 18.2 Å². The number of hydrogen-bond donors (Lipinski definition) is 2. The summed E-state index contributed by atoms with van der Waals surface area (Å²) >= 11 is 5.89. The number of halogens is 2. The fourth-order valence-corrected chi connectivity index (χ4v) is 1.61. The Hall–Kier alpha value is -2.48. The number of benzene rings is 1. The Balaban J connectivity index is 2.45. The van der Waals surface area contributed by atoms with Crippen LogP contribution < -0.4 is 10.6 Å². The van der Waals surface area contributed by atoms with Crippen molar-refractivity contribution in [3.63, 3.8) is 0 Å².